The van der Waals surface area contributed by atoms with Gasteiger partial charge >= 0.3 is 0 Å². The molecule has 88 valence electrons. The van der Waals surface area contributed by atoms with Gasteiger partial charge in [-0.25, -0.2) is 0 Å². The van der Waals surface area contributed by atoms with Crippen LogP contribution >= 0.6 is 15.9 Å². The molecule has 0 spiro atoms. The molecule has 0 amide bonds. The number of rotatable bonds is 2. The average Bonchev–Trinajstić information content (AvgIpc) is 2.89. The van der Waals surface area contributed by atoms with E-state index < -0.39 is 0 Å². The van der Waals surface area contributed by atoms with Crippen LogP contribution in [-0.2, 0) is 0 Å². The summed E-state index contributed by atoms with van der Waals surface area (Å²) in [6, 6.07) is 18.0. The van der Waals surface area contributed by atoms with Gasteiger partial charge in [-0.2, -0.15) is 15.4 Å². The monoisotopic (exact) mass is 299 g/mol. The molecule has 0 aliphatic heterocycles. The van der Waals surface area contributed by atoms with Gasteiger partial charge in [0.2, 0.25) is 0 Å². The van der Waals surface area contributed by atoms with E-state index in [1.807, 2.05) is 54.6 Å². The van der Waals surface area contributed by atoms with E-state index in [-0.39, 0.29) is 0 Å². The average molecular weight is 300 g/mol. The lowest BCUT2D eigenvalue weighted by molar-refractivity contribution is 0.944. The van der Waals surface area contributed by atoms with Crippen LogP contribution < -0.4 is 0 Å². The van der Waals surface area contributed by atoms with Crippen LogP contribution in [0.25, 0.3) is 22.5 Å². The normalized spacial score (nSPS) is 10.5. The number of halogens is 1. The fourth-order valence-electron chi connectivity index (χ4n) is 1.87. The smallest absolute Gasteiger partial charge is 0.121 e. The van der Waals surface area contributed by atoms with Crippen LogP contribution in [-0.4, -0.2) is 15.4 Å². The summed E-state index contributed by atoms with van der Waals surface area (Å²) in [5.74, 6) is 0. The highest BCUT2D eigenvalue weighted by molar-refractivity contribution is 9.10. The van der Waals surface area contributed by atoms with Crippen LogP contribution in [0.2, 0.25) is 0 Å². The second-order valence-electron chi connectivity index (χ2n) is 3.87. The summed E-state index contributed by atoms with van der Waals surface area (Å²) in [5, 5.41) is 11.2. The second-order valence-corrected chi connectivity index (χ2v) is 4.72. The molecule has 2 aromatic carbocycles. The Labute approximate surface area is 113 Å². The molecule has 0 radical (unpaired) electrons. The highest BCUT2D eigenvalue weighted by Gasteiger charge is 2.13. The van der Waals surface area contributed by atoms with Crippen LogP contribution in [0.15, 0.2) is 59.1 Å². The Hall–Kier alpha value is -1.94. The van der Waals surface area contributed by atoms with Gasteiger partial charge in [-0.15, -0.1) is 0 Å². The number of aromatic amines is 1. The van der Waals surface area contributed by atoms with Gasteiger partial charge < -0.3 is 0 Å². The third-order valence-electron chi connectivity index (χ3n) is 2.72. The maximum absolute atomic E-state index is 4.26. The molecule has 3 rings (SSSR count). The summed E-state index contributed by atoms with van der Waals surface area (Å²) in [7, 11) is 0. The zero-order valence-electron chi connectivity index (χ0n) is 9.47. The molecule has 0 bridgehead atoms. The summed E-state index contributed by atoms with van der Waals surface area (Å²) in [5.41, 5.74) is 3.80. The molecule has 1 heterocycles. The van der Waals surface area contributed by atoms with Crippen molar-refractivity contribution in [3.05, 3.63) is 59.1 Å². The Kier molecular flexibility index (Phi) is 2.94. The highest BCUT2D eigenvalue weighted by atomic mass is 79.9. The van der Waals surface area contributed by atoms with E-state index in [1.165, 1.54) is 0 Å². The molecule has 3 nitrogen and oxygen atoms in total. The maximum atomic E-state index is 4.26. The summed E-state index contributed by atoms with van der Waals surface area (Å²) in [4.78, 5) is 0. The van der Waals surface area contributed by atoms with Crippen molar-refractivity contribution in [2.75, 3.05) is 0 Å². The van der Waals surface area contributed by atoms with E-state index in [9.17, 15) is 0 Å². The molecule has 4 heteroatoms. The van der Waals surface area contributed by atoms with E-state index >= 15 is 0 Å². The van der Waals surface area contributed by atoms with Crippen LogP contribution in [0, 0.1) is 0 Å². The molecule has 1 N–H and O–H groups in total. The fraction of sp³-hybridized carbons (Fsp3) is 0. The molecule has 0 aliphatic rings. The number of benzene rings is 2. The summed E-state index contributed by atoms with van der Waals surface area (Å²) in [6.07, 6.45) is 0. The highest BCUT2D eigenvalue weighted by Crippen LogP contribution is 2.32. The Morgan fingerprint density at radius 1 is 0.778 bits per heavy atom. The van der Waals surface area contributed by atoms with E-state index in [2.05, 4.69) is 31.3 Å². The van der Waals surface area contributed by atoms with Crippen molar-refractivity contribution < 1.29 is 0 Å². The van der Waals surface area contributed by atoms with Gasteiger partial charge in [0.05, 0.1) is 0 Å². The zero-order valence-corrected chi connectivity index (χ0v) is 11.1. The molecular formula is C14H10BrN3. The van der Waals surface area contributed by atoms with Gasteiger partial charge in [-0.1, -0.05) is 64.5 Å². The SMILES string of the molecule is Brc1ccccc1-c1n[nH]nc1-c1ccccc1. The number of hydrogen-bond acceptors (Lipinski definition) is 2. The maximum Gasteiger partial charge on any atom is 0.121 e. The van der Waals surface area contributed by atoms with Gasteiger partial charge in [0.25, 0.3) is 0 Å². The number of aromatic nitrogens is 3. The quantitative estimate of drug-likeness (QED) is 0.780. The van der Waals surface area contributed by atoms with Gasteiger partial charge in [-0.3, -0.25) is 0 Å². The third kappa shape index (κ3) is 1.95. The van der Waals surface area contributed by atoms with Gasteiger partial charge in [0.15, 0.2) is 0 Å². The molecule has 0 atom stereocenters. The number of nitrogens with one attached hydrogen (secondary N) is 1. The molecule has 1 aromatic heterocycles. The first-order chi connectivity index (χ1) is 8.86. The molecule has 3 aromatic rings. The predicted molar refractivity (Wildman–Crippen MR) is 75.0 cm³/mol. The number of nitrogens with zero attached hydrogens (tertiary/aromatic N) is 2. The minimum Gasteiger partial charge on any atom is -0.197 e. The van der Waals surface area contributed by atoms with Crippen molar-refractivity contribution in [3.8, 4) is 22.5 Å². The van der Waals surface area contributed by atoms with Gasteiger partial charge in [0.1, 0.15) is 11.4 Å². The van der Waals surface area contributed by atoms with E-state index in [1.54, 1.807) is 0 Å². The minimum atomic E-state index is 0.855. The molecule has 18 heavy (non-hydrogen) atoms. The molecular weight excluding hydrogens is 290 g/mol. The topological polar surface area (TPSA) is 41.6 Å². The van der Waals surface area contributed by atoms with Crippen LogP contribution in [0.1, 0.15) is 0 Å². The molecule has 0 fully saturated rings. The predicted octanol–water partition coefficient (Wildman–Crippen LogP) is 3.90. The van der Waals surface area contributed by atoms with Crippen LogP contribution in [0.5, 0.6) is 0 Å². The van der Waals surface area contributed by atoms with Crippen molar-refractivity contribution >= 4 is 15.9 Å². The standard InChI is InChI=1S/C14H10BrN3/c15-12-9-5-4-8-11(12)14-13(16-18-17-14)10-6-2-1-3-7-10/h1-9H,(H,16,17,18). The summed E-state index contributed by atoms with van der Waals surface area (Å²) >= 11 is 3.54. The van der Waals surface area contributed by atoms with Crippen LogP contribution in [0.4, 0.5) is 0 Å². The Bertz CT molecular complexity index is 662. The van der Waals surface area contributed by atoms with Crippen molar-refractivity contribution in [1.29, 1.82) is 0 Å². The Balaban J connectivity index is 2.16. The minimum absolute atomic E-state index is 0.855. The summed E-state index contributed by atoms with van der Waals surface area (Å²) in [6.45, 7) is 0. The summed E-state index contributed by atoms with van der Waals surface area (Å²) < 4.78 is 1.01. The lowest BCUT2D eigenvalue weighted by Gasteiger charge is -2.03. The van der Waals surface area contributed by atoms with Crippen molar-refractivity contribution in [2.24, 2.45) is 0 Å². The largest absolute Gasteiger partial charge is 0.197 e. The van der Waals surface area contributed by atoms with Gasteiger partial charge in [0, 0.05) is 15.6 Å². The Morgan fingerprint density at radius 2 is 1.44 bits per heavy atom. The van der Waals surface area contributed by atoms with Crippen molar-refractivity contribution in [2.45, 2.75) is 0 Å². The Morgan fingerprint density at radius 3 is 2.22 bits per heavy atom. The first-order valence-corrected chi connectivity index (χ1v) is 6.36. The van der Waals surface area contributed by atoms with Crippen LogP contribution in [0.3, 0.4) is 0 Å². The number of H-pyrrole nitrogens is 1. The van der Waals surface area contributed by atoms with E-state index in [0.717, 1.165) is 27.0 Å². The first kappa shape index (κ1) is 11.2. The second kappa shape index (κ2) is 4.74. The van der Waals surface area contributed by atoms with Gasteiger partial charge in [-0.05, 0) is 6.07 Å². The number of hydrogen-bond donors (Lipinski definition) is 1. The van der Waals surface area contributed by atoms with E-state index in [0.29, 0.717) is 0 Å². The fourth-order valence-corrected chi connectivity index (χ4v) is 2.34. The molecule has 0 aliphatic carbocycles. The first-order valence-electron chi connectivity index (χ1n) is 5.57. The molecule has 0 unspecified atom stereocenters. The zero-order chi connectivity index (χ0) is 12.4. The lowest BCUT2D eigenvalue weighted by Crippen LogP contribution is -1.84. The lowest BCUT2D eigenvalue weighted by atomic mass is 10.1. The van der Waals surface area contributed by atoms with Crippen molar-refractivity contribution in [3.63, 3.8) is 0 Å². The van der Waals surface area contributed by atoms with Crippen molar-refractivity contribution in [1.82, 2.24) is 15.4 Å². The third-order valence-corrected chi connectivity index (χ3v) is 3.42. The molecule has 0 saturated heterocycles. The molecule has 0 saturated carbocycles. The van der Waals surface area contributed by atoms with E-state index in [4.69, 9.17) is 0 Å².